The van der Waals surface area contributed by atoms with E-state index in [-0.39, 0.29) is 5.91 Å². The quantitative estimate of drug-likeness (QED) is 0.789. The number of benzene rings is 1. The molecule has 0 bridgehead atoms. The smallest absolute Gasteiger partial charge is 0.256 e. The topological polar surface area (TPSA) is 60.1 Å². The van der Waals surface area contributed by atoms with Gasteiger partial charge in [-0.05, 0) is 34.1 Å². The summed E-state index contributed by atoms with van der Waals surface area (Å²) < 4.78 is 7.24. The van der Waals surface area contributed by atoms with Gasteiger partial charge >= 0.3 is 0 Å². The average molecular weight is 346 g/mol. The minimum atomic E-state index is -0.192. The summed E-state index contributed by atoms with van der Waals surface area (Å²) in [6.45, 7) is 0.406. The van der Waals surface area contributed by atoms with E-state index in [0.29, 0.717) is 16.8 Å². The Morgan fingerprint density at radius 2 is 2.10 bits per heavy atom. The Bertz CT molecular complexity index is 749. The van der Waals surface area contributed by atoms with Crippen LogP contribution in [0.25, 0.3) is 5.69 Å². The number of hydrogen-bond acceptors (Lipinski definition) is 3. The molecule has 5 nitrogen and oxygen atoms in total. The van der Waals surface area contributed by atoms with Crippen LogP contribution in [-0.2, 0) is 6.54 Å². The van der Waals surface area contributed by atoms with E-state index >= 15 is 0 Å². The zero-order valence-electron chi connectivity index (χ0n) is 11.0. The van der Waals surface area contributed by atoms with E-state index in [1.807, 2.05) is 36.5 Å². The van der Waals surface area contributed by atoms with Crippen molar-refractivity contribution >= 4 is 21.8 Å². The average Bonchev–Trinajstić information content (AvgIpc) is 3.15. The van der Waals surface area contributed by atoms with Crippen LogP contribution in [-0.4, -0.2) is 15.7 Å². The van der Waals surface area contributed by atoms with Gasteiger partial charge < -0.3 is 9.73 Å². The van der Waals surface area contributed by atoms with Crippen molar-refractivity contribution in [3.63, 3.8) is 0 Å². The van der Waals surface area contributed by atoms with Crippen molar-refractivity contribution in [1.29, 1.82) is 0 Å². The molecule has 6 heteroatoms. The highest BCUT2D eigenvalue weighted by atomic mass is 79.9. The number of para-hydroxylation sites is 1. The summed E-state index contributed by atoms with van der Waals surface area (Å²) in [6, 6.07) is 11.4. The van der Waals surface area contributed by atoms with E-state index in [1.54, 1.807) is 16.9 Å². The normalized spacial score (nSPS) is 10.5. The van der Waals surface area contributed by atoms with Gasteiger partial charge in [-0.2, -0.15) is 5.10 Å². The summed E-state index contributed by atoms with van der Waals surface area (Å²) in [5, 5.41) is 7.11. The number of nitrogens with one attached hydrogen (secondary N) is 1. The van der Waals surface area contributed by atoms with E-state index in [0.717, 1.165) is 11.3 Å². The molecule has 21 heavy (non-hydrogen) atoms. The number of furan rings is 1. The zero-order chi connectivity index (χ0) is 14.7. The maximum Gasteiger partial charge on any atom is 0.256 e. The Morgan fingerprint density at radius 1 is 1.29 bits per heavy atom. The van der Waals surface area contributed by atoms with E-state index in [9.17, 15) is 4.79 Å². The molecule has 0 unspecified atom stereocenters. The molecule has 3 aromatic rings. The van der Waals surface area contributed by atoms with Crippen molar-refractivity contribution in [3.05, 3.63) is 70.9 Å². The molecule has 0 radical (unpaired) electrons. The van der Waals surface area contributed by atoms with Crippen molar-refractivity contribution in [3.8, 4) is 5.69 Å². The lowest BCUT2D eigenvalue weighted by Gasteiger charge is -2.02. The fraction of sp³-hybridized carbons (Fsp3) is 0.0667. The molecule has 0 saturated heterocycles. The summed E-state index contributed by atoms with van der Waals surface area (Å²) in [4.78, 5) is 11.9. The van der Waals surface area contributed by atoms with Crippen molar-refractivity contribution in [2.75, 3.05) is 0 Å². The van der Waals surface area contributed by atoms with Gasteiger partial charge in [0.25, 0.3) is 5.91 Å². The van der Waals surface area contributed by atoms with Gasteiger partial charge in [0, 0.05) is 18.3 Å². The molecule has 1 N–H and O–H groups in total. The van der Waals surface area contributed by atoms with Gasteiger partial charge in [0.05, 0.1) is 23.7 Å². The summed E-state index contributed by atoms with van der Waals surface area (Å²) in [7, 11) is 0. The molecular weight excluding hydrogens is 334 g/mol. The van der Waals surface area contributed by atoms with E-state index in [1.165, 1.54) is 6.26 Å². The number of carbonyl (C=O) groups is 1. The maximum atomic E-state index is 11.9. The molecule has 0 aliphatic carbocycles. The first kappa shape index (κ1) is 13.6. The standard InChI is InChI=1S/C15H12BrN3O2/c16-14-13(6-7-21-14)15(20)17-8-11-9-18-19(10-11)12-4-2-1-3-5-12/h1-7,9-10H,8H2,(H,17,20). The molecule has 3 rings (SSSR count). The van der Waals surface area contributed by atoms with Gasteiger partial charge in [0.1, 0.15) is 0 Å². The Morgan fingerprint density at radius 3 is 2.81 bits per heavy atom. The molecule has 0 spiro atoms. The highest BCUT2D eigenvalue weighted by Gasteiger charge is 2.12. The predicted molar refractivity (Wildman–Crippen MR) is 81.1 cm³/mol. The highest BCUT2D eigenvalue weighted by Crippen LogP contribution is 2.17. The fourth-order valence-corrected chi connectivity index (χ4v) is 2.33. The van der Waals surface area contributed by atoms with Crippen LogP contribution in [0.15, 0.2) is 64.1 Å². The van der Waals surface area contributed by atoms with Crippen LogP contribution in [0.2, 0.25) is 0 Å². The number of carbonyl (C=O) groups excluding carboxylic acids is 1. The first-order chi connectivity index (χ1) is 10.2. The van der Waals surface area contributed by atoms with Gasteiger partial charge in [-0.3, -0.25) is 4.79 Å². The Labute approximate surface area is 129 Å². The van der Waals surface area contributed by atoms with Crippen LogP contribution in [0.4, 0.5) is 0 Å². The number of nitrogens with zero attached hydrogens (tertiary/aromatic N) is 2. The molecule has 106 valence electrons. The van der Waals surface area contributed by atoms with Gasteiger partial charge in [-0.25, -0.2) is 4.68 Å². The summed E-state index contributed by atoms with van der Waals surface area (Å²) in [5.41, 5.74) is 2.38. The summed E-state index contributed by atoms with van der Waals surface area (Å²) in [5.74, 6) is -0.192. The number of hydrogen-bond donors (Lipinski definition) is 1. The molecule has 0 aliphatic rings. The maximum absolute atomic E-state index is 11.9. The van der Waals surface area contributed by atoms with E-state index in [4.69, 9.17) is 4.42 Å². The van der Waals surface area contributed by atoms with Crippen LogP contribution in [0.1, 0.15) is 15.9 Å². The van der Waals surface area contributed by atoms with Crippen LogP contribution in [0.3, 0.4) is 0 Å². The number of rotatable bonds is 4. The van der Waals surface area contributed by atoms with Crippen LogP contribution >= 0.6 is 15.9 Å². The van der Waals surface area contributed by atoms with Crippen LogP contribution < -0.4 is 5.32 Å². The van der Waals surface area contributed by atoms with E-state index < -0.39 is 0 Å². The lowest BCUT2D eigenvalue weighted by Crippen LogP contribution is -2.22. The molecule has 2 aromatic heterocycles. The third-order valence-electron chi connectivity index (χ3n) is 2.97. The lowest BCUT2D eigenvalue weighted by molar-refractivity contribution is 0.0949. The Hall–Kier alpha value is -2.34. The third kappa shape index (κ3) is 3.05. The van der Waals surface area contributed by atoms with Crippen molar-refractivity contribution < 1.29 is 9.21 Å². The predicted octanol–water partition coefficient (Wildman–Crippen LogP) is 3.16. The summed E-state index contributed by atoms with van der Waals surface area (Å²) >= 11 is 3.18. The van der Waals surface area contributed by atoms with Gasteiger partial charge in [0.15, 0.2) is 4.67 Å². The first-order valence-corrected chi connectivity index (χ1v) is 7.13. The monoisotopic (exact) mass is 345 g/mol. The van der Waals surface area contributed by atoms with Gasteiger partial charge in [-0.15, -0.1) is 0 Å². The number of halogens is 1. The van der Waals surface area contributed by atoms with Crippen LogP contribution in [0.5, 0.6) is 0 Å². The third-order valence-corrected chi connectivity index (χ3v) is 3.59. The van der Waals surface area contributed by atoms with Crippen LogP contribution in [0, 0.1) is 0 Å². The van der Waals surface area contributed by atoms with Crippen molar-refractivity contribution in [2.45, 2.75) is 6.54 Å². The second kappa shape index (κ2) is 5.97. The molecule has 2 heterocycles. The fourth-order valence-electron chi connectivity index (χ4n) is 1.91. The van der Waals surface area contributed by atoms with Crippen molar-refractivity contribution in [2.24, 2.45) is 0 Å². The molecule has 1 aromatic carbocycles. The lowest BCUT2D eigenvalue weighted by atomic mass is 10.3. The second-order valence-electron chi connectivity index (χ2n) is 4.42. The van der Waals surface area contributed by atoms with Gasteiger partial charge in [-0.1, -0.05) is 18.2 Å². The summed E-state index contributed by atoms with van der Waals surface area (Å²) in [6.07, 6.45) is 5.09. The number of amides is 1. The molecular formula is C15H12BrN3O2. The highest BCUT2D eigenvalue weighted by molar-refractivity contribution is 9.10. The molecule has 0 fully saturated rings. The zero-order valence-corrected chi connectivity index (χ0v) is 12.6. The molecule has 1 amide bonds. The minimum Gasteiger partial charge on any atom is -0.457 e. The first-order valence-electron chi connectivity index (χ1n) is 6.34. The number of aromatic nitrogens is 2. The largest absolute Gasteiger partial charge is 0.457 e. The van der Waals surface area contributed by atoms with E-state index in [2.05, 4.69) is 26.3 Å². The van der Waals surface area contributed by atoms with Gasteiger partial charge in [0.2, 0.25) is 0 Å². The Balaban J connectivity index is 1.66. The minimum absolute atomic E-state index is 0.192. The SMILES string of the molecule is O=C(NCc1cnn(-c2ccccc2)c1)c1ccoc1Br. The molecule has 0 aliphatic heterocycles. The second-order valence-corrected chi connectivity index (χ2v) is 5.14. The Kier molecular flexibility index (Phi) is 3.87. The molecule has 0 atom stereocenters. The molecule has 0 saturated carbocycles. The van der Waals surface area contributed by atoms with Crippen molar-refractivity contribution in [1.82, 2.24) is 15.1 Å².